The summed E-state index contributed by atoms with van der Waals surface area (Å²) in [4.78, 5) is 42.8. The molecule has 12 heteroatoms. The number of nitrogens with one attached hydrogen (secondary N) is 2. The van der Waals surface area contributed by atoms with Gasteiger partial charge in [-0.2, -0.15) is 14.9 Å². The summed E-state index contributed by atoms with van der Waals surface area (Å²) in [6, 6.07) is 0. The molecule has 32 heavy (non-hydrogen) atoms. The molecule has 0 radical (unpaired) electrons. The molecule has 0 saturated heterocycles. The van der Waals surface area contributed by atoms with Gasteiger partial charge in [-0.05, 0) is 12.8 Å². The highest BCUT2D eigenvalue weighted by molar-refractivity contribution is 6.09. The number of rotatable bonds is 4. The van der Waals surface area contributed by atoms with Crippen molar-refractivity contribution in [2.45, 2.75) is 54.4 Å². The van der Waals surface area contributed by atoms with Crippen LogP contribution in [-0.4, -0.2) is 58.0 Å². The number of aromatic nitrogens is 4. The van der Waals surface area contributed by atoms with Crippen LogP contribution in [0.3, 0.4) is 0 Å². The SMILES string of the molecule is C.C.CCc1cn[nH]c1N.CCc1cnn2c1NC(=O)CC2=O.COC(=O)CC(=O)OC. The molecular formula is C20H34N6O6. The van der Waals surface area contributed by atoms with Crippen molar-refractivity contribution in [3.8, 4) is 0 Å². The summed E-state index contributed by atoms with van der Waals surface area (Å²) in [5.74, 6) is -0.467. The number of nitrogens with two attached hydrogens (primary N) is 1. The molecule has 2 aromatic rings. The topological polar surface area (TPSA) is 171 Å². The number of ether oxygens (including phenoxy) is 2. The number of nitrogen functional groups attached to an aromatic ring is 1. The van der Waals surface area contributed by atoms with Gasteiger partial charge in [-0.15, -0.1) is 0 Å². The highest BCUT2D eigenvalue weighted by Gasteiger charge is 2.24. The minimum Gasteiger partial charge on any atom is -0.469 e. The van der Waals surface area contributed by atoms with Crippen LogP contribution in [0.1, 0.15) is 57.5 Å². The van der Waals surface area contributed by atoms with Crippen LogP contribution in [0.5, 0.6) is 0 Å². The Morgan fingerprint density at radius 3 is 2.03 bits per heavy atom. The Morgan fingerprint density at radius 2 is 1.62 bits per heavy atom. The number of hydrogen-bond acceptors (Lipinski definition) is 9. The van der Waals surface area contributed by atoms with E-state index in [1.54, 1.807) is 12.4 Å². The van der Waals surface area contributed by atoms with E-state index >= 15 is 0 Å². The lowest BCUT2D eigenvalue weighted by Crippen LogP contribution is -2.30. The fraction of sp³-hybridized carbons (Fsp3) is 0.500. The van der Waals surface area contributed by atoms with E-state index in [2.05, 4.69) is 30.1 Å². The third-order valence-electron chi connectivity index (χ3n) is 3.91. The summed E-state index contributed by atoms with van der Waals surface area (Å²) in [5, 5.41) is 12.9. The summed E-state index contributed by atoms with van der Waals surface area (Å²) < 4.78 is 9.62. The predicted molar refractivity (Wildman–Crippen MR) is 120 cm³/mol. The number of H-pyrrole nitrogens is 1. The van der Waals surface area contributed by atoms with Crippen molar-refractivity contribution in [2.75, 3.05) is 25.3 Å². The van der Waals surface area contributed by atoms with Crippen LogP contribution in [-0.2, 0) is 36.7 Å². The second-order valence-electron chi connectivity index (χ2n) is 5.89. The van der Waals surface area contributed by atoms with Crippen molar-refractivity contribution >= 4 is 35.4 Å². The monoisotopic (exact) mass is 454 g/mol. The zero-order chi connectivity index (χ0) is 22.7. The molecule has 1 aliphatic rings. The van der Waals surface area contributed by atoms with Crippen molar-refractivity contribution in [2.24, 2.45) is 0 Å². The van der Waals surface area contributed by atoms with Crippen LogP contribution >= 0.6 is 0 Å². The van der Waals surface area contributed by atoms with Crippen molar-refractivity contribution in [1.82, 2.24) is 20.0 Å². The second-order valence-corrected chi connectivity index (χ2v) is 5.89. The van der Waals surface area contributed by atoms with Crippen LogP contribution in [0.25, 0.3) is 0 Å². The molecule has 4 N–H and O–H groups in total. The van der Waals surface area contributed by atoms with E-state index in [1.165, 1.54) is 18.9 Å². The summed E-state index contributed by atoms with van der Waals surface area (Å²) in [5.41, 5.74) is 7.41. The van der Waals surface area contributed by atoms with Crippen LogP contribution in [0.2, 0.25) is 0 Å². The first kappa shape index (κ1) is 30.5. The van der Waals surface area contributed by atoms with Gasteiger partial charge in [-0.25, -0.2) is 0 Å². The molecule has 0 saturated carbocycles. The van der Waals surface area contributed by atoms with E-state index in [4.69, 9.17) is 5.73 Å². The van der Waals surface area contributed by atoms with Crippen LogP contribution < -0.4 is 11.1 Å². The number of carbonyl (C=O) groups excluding carboxylic acids is 4. The van der Waals surface area contributed by atoms with Gasteiger partial charge < -0.3 is 20.5 Å². The van der Waals surface area contributed by atoms with Crippen LogP contribution in [0.4, 0.5) is 11.6 Å². The minimum absolute atomic E-state index is 0. The lowest BCUT2D eigenvalue weighted by molar-refractivity contribution is -0.151. The summed E-state index contributed by atoms with van der Waals surface area (Å²) in [7, 11) is 2.43. The van der Waals surface area contributed by atoms with Gasteiger partial charge >= 0.3 is 11.9 Å². The molecule has 3 heterocycles. The average Bonchev–Trinajstić information content (AvgIpc) is 3.34. The van der Waals surface area contributed by atoms with E-state index in [9.17, 15) is 19.2 Å². The van der Waals surface area contributed by atoms with Gasteiger partial charge in [0.05, 0.1) is 26.6 Å². The fourth-order valence-electron chi connectivity index (χ4n) is 2.22. The molecular weight excluding hydrogens is 420 g/mol. The quantitative estimate of drug-likeness (QED) is 0.461. The molecule has 3 rings (SSSR count). The zero-order valence-electron chi connectivity index (χ0n) is 17.4. The number of carbonyl (C=O) groups is 4. The second kappa shape index (κ2) is 15.2. The van der Waals surface area contributed by atoms with Gasteiger partial charge in [0.2, 0.25) is 5.91 Å². The molecule has 2 aromatic heterocycles. The summed E-state index contributed by atoms with van der Waals surface area (Å²) >= 11 is 0. The minimum atomic E-state index is -0.582. The van der Waals surface area contributed by atoms with Crippen molar-refractivity contribution in [3.63, 3.8) is 0 Å². The van der Waals surface area contributed by atoms with Crippen molar-refractivity contribution in [1.29, 1.82) is 0 Å². The Bertz CT molecular complexity index is 875. The number of esters is 2. The lowest BCUT2D eigenvalue weighted by atomic mass is 10.2. The molecule has 0 bridgehead atoms. The number of nitrogens with zero attached hydrogens (tertiary/aromatic N) is 3. The number of methoxy groups -OCH3 is 2. The Hall–Kier alpha value is -3.70. The fourth-order valence-corrected chi connectivity index (χ4v) is 2.22. The first-order valence-electron chi connectivity index (χ1n) is 9.08. The Labute approximate surface area is 187 Å². The number of anilines is 2. The molecule has 0 aliphatic carbocycles. The zero-order valence-corrected chi connectivity index (χ0v) is 17.4. The van der Waals surface area contributed by atoms with Gasteiger partial charge in [0.25, 0.3) is 5.91 Å². The maximum Gasteiger partial charge on any atom is 0.316 e. The predicted octanol–water partition coefficient (Wildman–Crippen LogP) is 1.98. The van der Waals surface area contributed by atoms with Crippen LogP contribution in [0, 0.1) is 0 Å². The maximum atomic E-state index is 11.3. The Morgan fingerprint density at radius 1 is 1.06 bits per heavy atom. The number of aryl methyl sites for hydroxylation is 2. The molecule has 1 aliphatic heterocycles. The van der Waals surface area contributed by atoms with Gasteiger partial charge in [-0.1, -0.05) is 28.7 Å². The third kappa shape index (κ3) is 8.98. The number of fused-ring (bicyclic) bond motifs is 1. The Kier molecular flexibility index (Phi) is 14.4. The maximum absolute atomic E-state index is 11.3. The first-order valence-corrected chi connectivity index (χ1v) is 9.08. The summed E-state index contributed by atoms with van der Waals surface area (Å²) in [6.07, 6.45) is 4.63. The summed E-state index contributed by atoms with van der Waals surface area (Å²) in [6.45, 7) is 3.99. The van der Waals surface area contributed by atoms with E-state index in [0.717, 1.165) is 24.0 Å². The third-order valence-corrected chi connectivity index (χ3v) is 3.91. The molecule has 180 valence electrons. The highest BCUT2D eigenvalue weighted by atomic mass is 16.5. The Balaban J connectivity index is 0. The van der Waals surface area contributed by atoms with E-state index < -0.39 is 11.9 Å². The molecule has 1 amide bonds. The van der Waals surface area contributed by atoms with Crippen molar-refractivity contribution in [3.05, 3.63) is 23.5 Å². The average molecular weight is 455 g/mol. The molecule has 0 fully saturated rings. The molecule has 0 unspecified atom stereocenters. The molecule has 12 nitrogen and oxygen atoms in total. The van der Waals surface area contributed by atoms with Gasteiger partial charge in [-0.3, -0.25) is 24.3 Å². The normalized spacial score (nSPS) is 11.0. The number of aromatic amines is 1. The van der Waals surface area contributed by atoms with Gasteiger partial charge in [0.1, 0.15) is 24.5 Å². The van der Waals surface area contributed by atoms with Gasteiger partial charge in [0, 0.05) is 11.1 Å². The van der Waals surface area contributed by atoms with Crippen molar-refractivity contribution < 1.29 is 28.7 Å². The molecule has 0 spiro atoms. The van der Waals surface area contributed by atoms with E-state index in [1.807, 2.05) is 13.8 Å². The van der Waals surface area contributed by atoms with E-state index in [-0.39, 0.29) is 39.5 Å². The smallest absolute Gasteiger partial charge is 0.316 e. The number of hydrogen-bond donors (Lipinski definition) is 3. The number of amides is 1. The largest absolute Gasteiger partial charge is 0.469 e. The van der Waals surface area contributed by atoms with Crippen LogP contribution in [0.15, 0.2) is 12.4 Å². The first-order chi connectivity index (χ1) is 14.3. The standard InChI is InChI=1S/C8H9N3O2.C5H9N3.C5H8O4.2CH4/c1-2-5-4-9-11-7(13)3-6(12)10-8(5)11;1-2-4-3-7-8-5(4)6;1-8-4(6)3-5(7)9-2;;/h4H,2-3H2,1H3,(H,10,12);3H,2H2,1H3,(H3,6,7,8);3H2,1-2H3;2*1H4. The highest BCUT2D eigenvalue weighted by Crippen LogP contribution is 2.19. The van der Waals surface area contributed by atoms with E-state index in [0.29, 0.717) is 11.6 Å². The van der Waals surface area contributed by atoms with Gasteiger partial charge in [0.15, 0.2) is 0 Å². The lowest BCUT2D eigenvalue weighted by Gasteiger charge is -2.13. The molecule has 0 aromatic carbocycles. The molecule has 0 atom stereocenters.